The Kier molecular flexibility index (Phi) is 3.38. The summed E-state index contributed by atoms with van der Waals surface area (Å²) in [5.74, 6) is -0.784. The predicted molar refractivity (Wildman–Crippen MR) is 54.7 cm³/mol. The summed E-state index contributed by atoms with van der Waals surface area (Å²) in [5.41, 5.74) is 0. The molecule has 1 aromatic heterocycles. The van der Waals surface area contributed by atoms with Crippen LogP contribution in [-0.2, 0) is 9.47 Å². The highest BCUT2D eigenvalue weighted by atomic mass is 16.8. The van der Waals surface area contributed by atoms with Crippen molar-refractivity contribution < 1.29 is 29.3 Å². The molecule has 7 heteroatoms. The lowest BCUT2D eigenvalue weighted by atomic mass is 10.2. The van der Waals surface area contributed by atoms with Crippen molar-refractivity contribution in [2.75, 3.05) is 13.2 Å². The molecule has 1 saturated heterocycles. The molecule has 0 amide bonds. The Balaban J connectivity index is 1.80. The second kappa shape index (κ2) is 4.96. The number of hydrogen-bond acceptors (Lipinski definition) is 6. The summed E-state index contributed by atoms with van der Waals surface area (Å²) in [5, 5.41) is 18.4. The van der Waals surface area contributed by atoms with E-state index in [0.29, 0.717) is 11.3 Å². The van der Waals surface area contributed by atoms with Crippen LogP contribution in [0.3, 0.4) is 0 Å². The smallest absolute Gasteiger partial charge is 0.492 e. The van der Waals surface area contributed by atoms with Crippen LogP contribution in [0, 0.1) is 0 Å². The molecule has 1 unspecified atom stereocenters. The van der Waals surface area contributed by atoms with Gasteiger partial charge in [-0.05, 0) is 12.8 Å². The molecule has 94 valence electrons. The van der Waals surface area contributed by atoms with Crippen LogP contribution in [0.4, 0.5) is 4.79 Å². The van der Waals surface area contributed by atoms with Gasteiger partial charge in [0.05, 0.1) is 6.10 Å². The van der Waals surface area contributed by atoms with Crippen molar-refractivity contribution in [2.45, 2.75) is 18.9 Å². The van der Waals surface area contributed by atoms with E-state index < -0.39 is 17.9 Å². The lowest BCUT2D eigenvalue weighted by Crippen LogP contribution is -2.24. The quantitative estimate of drug-likeness (QED) is 0.757. The van der Waals surface area contributed by atoms with Crippen LogP contribution in [0.15, 0.2) is 12.1 Å². The van der Waals surface area contributed by atoms with Crippen LogP contribution in [0.25, 0.3) is 0 Å². The molecule has 2 N–H and O–H groups in total. The second-order valence-electron chi connectivity index (χ2n) is 3.63. The van der Waals surface area contributed by atoms with Crippen LogP contribution in [0.5, 0.6) is 11.8 Å². The summed E-state index contributed by atoms with van der Waals surface area (Å²) < 4.78 is 10.6. The summed E-state index contributed by atoms with van der Waals surface area (Å²) in [7, 11) is 0. The third-order valence-electron chi connectivity index (χ3n) is 2.37. The number of rotatable bonds is 3. The average Bonchev–Trinajstić information content (AvgIpc) is 2.91. The van der Waals surface area contributed by atoms with Gasteiger partial charge in [0.2, 0.25) is 11.8 Å². The number of nitrogens with zero attached hydrogens (tertiary/aromatic N) is 1. The van der Waals surface area contributed by atoms with E-state index in [0.717, 1.165) is 12.8 Å². The third kappa shape index (κ3) is 2.82. The van der Waals surface area contributed by atoms with Gasteiger partial charge in [-0.1, -0.05) is 0 Å². The molecule has 17 heavy (non-hydrogen) atoms. The van der Waals surface area contributed by atoms with Crippen molar-refractivity contribution >= 4 is 6.16 Å². The van der Waals surface area contributed by atoms with Gasteiger partial charge in [-0.2, -0.15) is 0 Å². The van der Waals surface area contributed by atoms with Crippen molar-refractivity contribution in [2.24, 2.45) is 0 Å². The largest absolute Gasteiger partial charge is 0.534 e. The number of carbonyl (C=O) groups is 1. The number of carbonyl (C=O) groups excluding carboxylic acids is 1. The minimum absolute atomic E-state index is 0.0988. The van der Waals surface area contributed by atoms with Gasteiger partial charge in [0.1, 0.15) is 6.61 Å². The Morgan fingerprint density at radius 1 is 1.47 bits per heavy atom. The highest BCUT2D eigenvalue weighted by Gasteiger charge is 2.19. The molecule has 0 radical (unpaired) electrons. The van der Waals surface area contributed by atoms with Crippen molar-refractivity contribution in [3.8, 4) is 11.8 Å². The van der Waals surface area contributed by atoms with E-state index in [-0.39, 0.29) is 12.7 Å². The van der Waals surface area contributed by atoms with Gasteiger partial charge >= 0.3 is 6.16 Å². The zero-order chi connectivity index (χ0) is 12.3. The molecule has 1 fully saturated rings. The van der Waals surface area contributed by atoms with Crippen molar-refractivity contribution in [1.82, 2.24) is 4.73 Å². The summed E-state index contributed by atoms with van der Waals surface area (Å²) in [6.45, 7) is 0.768. The molecular formula is C10H13NO6. The van der Waals surface area contributed by atoms with E-state index in [1.165, 1.54) is 12.1 Å². The number of aromatic hydroxyl groups is 2. The first kappa shape index (κ1) is 11.6. The molecule has 2 heterocycles. The molecular weight excluding hydrogens is 230 g/mol. The Bertz CT molecular complexity index is 376. The molecule has 0 bridgehead atoms. The Hall–Kier alpha value is -1.89. The third-order valence-corrected chi connectivity index (χ3v) is 2.37. The van der Waals surface area contributed by atoms with E-state index in [4.69, 9.17) is 9.47 Å². The number of aromatic nitrogens is 1. The first-order chi connectivity index (χ1) is 8.16. The van der Waals surface area contributed by atoms with Crippen molar-refractivity contribution in [3.05, 3.63) is 12.1 Å². The monoisotopic (exact) mass is 243 g/mol. The number of hydrogen-bond donors (Lipinski definition) is 2. The molecule has 1 atom stereocenters. The highest BCUT2D eigenvalue weighted by Crippen LogP contribution is 2.19. The van der Waals surface area contributed by atoms with Gasteiger partial charge in [0, 0.05) is 18.7 Å². The van der Waals surface area contributed by atoms with Gasteiger partial charge in [0.15, 0.2) is 0 Å². The van der Waals surface area contributed by atoms with Gasteiger partial charge in [-0.3, -0.25) is 4.84 Å². The first-order valence-corrected chi connectivity index (χ1v) is 5.23. The fraction of sp³-hybridized carbons (Fsp3) is 0.500. The van der Waals surface area contributed by atoms with Crippen LogP contribution in [-0.4, -0.2) is 40.4 Å². The van der Waals surface area contributed by atoms with Gasteiger partial charge in [-0.25, -0.2) is 4.79 Å². The topological polar surface area (TPSA) is 90.2 Å². The van der Waals surface area contributed by atoms with Crippen LogP contribution in [0.1, 0.15) is 12.8 Å². The summed E-state index contributed by atoms with van der Waals surface area (Å²) in [6, 6.07) is 2.37. The molecule has 1 aliphatic rings. The maximum absolute atomic E-state index is 11.2. The highest BCUT2D eigenvalue weighted by molar-refractivity contribution is 5.60. The van der Waals surface area contributed by atoms with Crippen LogP contribution < -0.4 is 4.84 Å². The first-order valence-electron chi connectivity index (χ1n) is 5.23. The minimum atomic E-state index is -1.01. The van der Waals surface area contributed by atoms with Crippen LogP contribution >= 0.6 is 0 Å². The SMILES string of the molecule is O=C(OCC1CCCO1)On1c(O)ccc1O. The average molecular weight is 243 g/mol. The van der Waals surface area contributed by atoms with Crippen LogP contribution in [0.2, 0.25) is 0 Å². The molecule has 0 aromatic carbocycles. The zero-order valence-corrected chi connectivity index (χ0v) is 9.04. The maximum Gasteiger partial charge on any atom is 0.534 e. The molecule has 2 rings (SSSR count). The summed E-state index contributed by atoms with van der Waals surface area (Å²) in [6.07, 6.45) is 0.673. The van der Waals surface area contributed by atoms with E-state index in [1.54, 1.807) is 0 Å². The Morgan fingerprint density at radius 2 is 2.18 bits per heavy atom. The second-order valence-corrected chi connectivity index (χ2v) is 3.63. The van der Waals surface area contributed by atoms with E-state index in [1.807, 2.05) is 0 Å². The fourth-order valence-electron chi connectivity index (χ4n) is 1.53. The molecule has 7 nitrogen and oxygen atoms in total. The fourth-order valence-corrected chi connectivity index (χ4v) is 1.53. The van der Waals surface area contributed by atoms with Gasteiger partial charge < -0.3 is 19.7 Å². The molecule has 0 spiro atoms. The van der Waals surface area contributed by atoms with Gasteiger partial charge in [-0.15, -0.1) is 4.73 Å². The Morgan fingerprint density at radius 3 is 2.76 bits per heavy atom. The Labute approximate surface area is 97.1 Å². The molecule has 1 aromatic rings. The van der Waals surface area contributed by atoms with Crippen molar-refractivity contribution in [1.29, 1.82) is 0 Å². The predicted octanol–water partition coefficient (Wildman–Crippen LogP) is 0.643. The van der Waals surface area contributed by atoms with E-state index >= 15 is 0 Å². The zero-order valence-electron chi connectivity index (χ0n) is 9.04. The van der Waals surface area contributed by atoms with E-state index in [2.05, 4.69) is 4.84 Å². The maximum atomic E-state index is 11.2. The lowest BCUT2D eigenvalue weighted by molar-refractivity contribution is -0.000681. The summed E-state index contributed by atoms with van der Waals surface area (Å²) in [4.78, 5) is 15.8. The van der Waals surface area contributed by atoms with Gasteiger partial charge in [0.25, 0.3) is 0 Å². The van der Waals surface area contributed by atoms with Crippen molar-refractivity contribution in [3.63, 3.8) is 0 Å². The molecule has 1 aliphatic heterocycles. The normalized spacial score (nSPS) is 19.2. The molecule has 0 aliphatic carbocycles. The molecule has 0 saturated carbocycles. The lowest BCUT2D eigenvalue weighted by Gasteiger charge is -2.10. The standard InChI is InChI=1S/C10H13NO6/c12-8-3-4-9(13)11(8)17-10(14)16-6-7-2-1-5-15-7/h3-4,7,12-13H,1-2,5-6H2. The minimum Gasteiger partial charge on any atom is -0.492 e. The van der Waals surface area contributed by atoms with E-state index in [9.17, 15) is 15.0 Å². The number of ether oxygens (including phenoxy) is 2. The summed E-state index contributed by atoms with van der Waals surface area (Å²) >= 11 is 0.